The van der Waals surface area contributed by atoms with Gasteiger partial charge >= 0.3 is 0 Å². The Labute approximate surface area is 151 Å². The summed E-state index contributed by atoms with van der Waals surface area (Å²) in [4.78, 5) is 24.3. The minimum atomic E-state index is -0.504. The monoisotopic (exact) mass is 352 g/mol. The van der Waals surface area contributed by atoms with Crippen LogP contribution in [0.2, 0.25) is 0 Å². The molecule has 0 radical (unpaired) electrons. The maximum Gasteiger partial charge on any atom is 0.273 e. The van der Waals surface area contributed by atoms with Gasteiger partial charge in [-0.2, -0.15) is 5.10 Å². The van der Waals surface area contributed by atoms with Crippen LogP contribution >= 0.6 is 0 Å². The third kappa shape index (κ3) is 5.55. The molecule has 0 bridgehead atoms. The topological polar surface area (TPSA) is 87.8 Å². The Bertz CT molecular complexity index is 827. The summed E-state index contributed by atoms with van der Waals surface area (Å²) in [5.41, 5.74) is 4.75. The second-order valence-electron chi connectivity index (χ2n) is 5.72. The summed E-state index contributed by atoms with van der Waals surface area (Å²) in [6.45, 7) is 0. The van der Waals surface area contributed by atoms with E-state index in [9.17, 15) is 14.9 Å². The van der Waals surface area contributed by atoms with Crippen molar-refractivity contribution >= 4 is 29.6 Å². The first-order valence-electron chi connectivity index (χ1n) is 7.95. The number of hydrogen-bond donors (Lipinski definition) is 1. The van der Waals surface area contributed by atoms with Crippen molar-refractivity contribution in [2.24, 2.45) is 5.10 Å². The van der Waals surface area contributed by atoms with Gasteiger partial charge in [-0.1, -0.05) is 36.4 Å². The van der Waals surface area contributed by atoms with E-state index in [0.717, 1.165) is 11.3 Å². The average molecular weight is 352 g/mol. The van der Waals surface area contributed by atoms with Crippen molar-refractivity contribution in [3.63, 3.8) is 0 Å². The highest BCUT2D eigenvalue weighted by molar-refractivity contribution is 5.83. The van der Waals surface area contributed by atoms with E-state index in [4.69, 9.17) is 0 Å². The predicted octanol–water partition coefficient (Wildman–Crippen LogP) is 3.02. The molecule has 0 saturated heterocycles. The molecule has 2 rings (SSSR count). The van der Waals surface area contributed by atoms with Gasteiger partial charge in [0.15, 0.2) is 0 Å². The van der Waals surface area contributed by atoms with E-state index in [1.165, 1.54) is 12.3 Å². The van der Waals surface area contributed by atoms with Crippen molar-refractivity contribution in [1.29, 1.82) is 0 Å². The largest absolute Gasteiger partial charge is 0.378 e. The quantitative estimate of drug-likeness (QED) is 0.471. The van der Waals surface area contributed by atoms with Crippen molar-refractivity contribution in [1.82, 2.24) is 5.43 Å². The Morgan fingerprint density at radius 1 is 1.19 bits per heavy atom. The molecule has 0 atom stereocenters. The summed E-state index contributed by atoms with van der Waals surface area (Å²) in [5.74, 6) is -0.417. The zero-order valence-electron chi connectivity index (χ0n) is 14.6. The number of allylic oxidation sites excluding steroid dienone is 1. The summed E-state index contributed by atoms with van der Waals surface area (Å²) >= 11 is 0. The molecule has 2 aromatic rings. The Hall–Kier alpha value is -3.48. The standard InChI is InChI=1S/C19H20N4O3/c1-22(2)17-11-9-15(10-12-17)6-5-13-20-21-19(24)14-16-7-3-4-8-18(16)23(25)26/h3-13H,14H2,1-2H3,(H,21,24). The second kappa shape index (κ2) is 9.12. The van der Waals surface area contributed by atoms with E-state index in [0.29, 0.717) is 5.56 Å². The van der Waals surface area contributed by atoms with Crippen molar-refractivity contribution < 1.29 is 9.72 Å². The van der Waals surface area contributed by atoms with Crippen LogP contribution in [0.3, 0.4) is 0 Å². The highest BCUT2D eigenvalue weighted by Gasteiger charge is 2.14. The summed E-state index contributed by atoms with van der Waals surface area (Å²) in [6, 6.07) is 14.1. The fourth-order valence-corrected chi connectivity index (χ4v) is 2.24. The van der Waals surface area contributed by atoms with Crippen molar-refractivity contribution in [2.75, 3.05) is 19.0 Å². The number of para-hydroxylation sites is 1. The van der Waals surface area contributed by atoms with Gasteiger partial charge < -0.3 is 4.90 Å². The Morgan fingerprint density at radius 3 is 2.54 bits per heavy atom. The first-order chi connectivity index (χ1) is 12.5. The molecule has 26 heavy (non-hydrogen) atoms. The average Bonchev–Trinajstić information content (AvgIpc) is 2.62. The SMILES string of the molecule is CN(C)c1ccc(C=CC=NNC(=O)Cc2ccccc2[N+](=O)[O-])cc1. The van der Waals surface area contributed by atoms with Gasteiger partial charge in [-0.3, -0.25) is 14.9 Å². The van der Waals surface area contributed by atoms with Gasteiger partial charge in [-0.05, 0) is 23.8 Å². The number of carbonyl (C=O) groups is 1. The number of nitro groups is 1. The molecule has 0 saturated carbocycles. The molecule has 0 aliphatic heterocycles. The summed E-state index contributed by atoms with van der Waals surface area (Å²) in [7, 11) is 3.95. The molecule has 0 aliphatic carbocycles. The van der Waals surface area contributed by atoms with Crippen molar-refractivity contribution in [2.45, 2.75) is 6.42 Å². The minimum absolute atomic E-state index is 0.0762. The van der Waals surface area contributed by atoms with Crippen LogP contribution in [-0.2, 0) is 11.2 Å². The number of nitrogens with zero attached hydrogens (tertiary/aromatic N) is 3. The van der Waals surface area contributed by atoms with Crippen LogP contribution in [0.1, 0.15) is 11.1 Å². The lowest BCUT2D eigenvalue weighted by Gasteiger charge is -2.11. The number of nitro benzene ring substituents is 1. The lowest BCUT2D eigenvalue weighted by molar-refractivity contribution is -0.385. The number of hydrogen-bond acceptors (Lipinski definition) is 5. The maximum absolute atomic E-state index is 11.8. The first kappa shape index (κ1) is 18.9. The van der Waals surface area contributed by atoms with Crippen LogP contribution in [0, 0.1) is 10.1 Å². The molecule has 0 aromatic heterocycles. The van der Waals surface area contributed by atoms with Gasteiger partial charge in [0.1, 0.15) is 0 Å². The zero-order valence-corrected chi connectivity index (χ0v) is 14.6. The van der Waals surface area contributed by atoms with Gasteiger partial charge in [0.25, 0.3) is 5.69 Å². The molecule has 1 amide bonds. The van der Waals surface area contributed by atoms with E-state index in [1.54, 1.807) is 24.3 Å². The summed E-state index contributed by atoms with van der Waals surface area (Å²) in [5, 5.41) is 14.7. The van der Waals surface area contributed by atoms with E-state index < -0.39 is 10.8 Å². The Morgan fingerprint density at radius 2 is 1.88 bits per heavy atom. The smallest absolute Gasteiger partial charge is 0.273 e. The number of carbonyl (C=O) groups excluding carboxylic acids is 1. The molecule has 0 aliphatic rings. The molecule has 0 fully saturated rings. The lowest BCUT2D eigenvalue weighted by atomic mass is 10.1. The van der Waals surface area contributed by atoms with Gasteiger partial charge in [0.05, 0.1) is 11.3 Å². The van der Waals surface area contributed by atoms with Gasteiger partial charge in [-0.15, -0.1) is 0 Å². The van der Waals surface area contributed by atoms with Crippen LogP contribution in [-0.4, -0.2) is 31.1 Å². The molecular formula is C19H20N4O3. The van der Waals surface area contributed by atoms with Crippen molar-refractivity contribution in [3.05, 3.63) is 75.8 Å². The molecule has 134 valence electrons. The Balaban J connectivity index is 1.86. The fraction of sp³-hybridized carbons (Fsp3) is 0.158. The summed E-state index contributed by atoms with van der Waals surface area (Å²) in [6.07, 6.45) is 4.91. The van der Waals surface area contributed by atoms with E-state index in [-0.39, 0.29) is 12.1 Å². The van der Waals surface area contributed by atoms with Crippen LogP contribution in [0.15, 0.2) is 59.7 Å². The molecular weight excluding hydrogens is 332 g/mol. The number of amides is 1. The summed E-state index contributed by atoms with van der Waals surface area (Å²) < 4.78 is 0. The predicted molar refractivity (Wildman–Crippen MR) is 103 cm³/mol. The van der Waals surface area contributed by atoms with Crippen LogP contribution in [0.5, 0.6) is 0 Å². The maximum atomic E-state index is 11.8. The molecule has 7 heteroatoms. The molecule has 0 spiro atoms. The fourth-order valence-electron chi connectivity index (χ4n) is 2.24. The number of nitrogens with one attached hydrogen (secondary N) is 1. The number of benzene rings is 2. The second-order valence-corrected chi connectivity index (χ2v) is 5.72. The molecule has 0 unspecified atom stereocenters. The number of anilines is 1. The minimum Gasteiger partial charge on any atom is -0.378 e. The van der Waals surface area contributed by atoms with Crippen LogP contribution < -0.4 is 10.3 Å². The van der Waals surface area contributed by atoms with Crippen LogP contribution in [0.4, 0.5) is 11.4 Å². The lowest BCUT2D eigenvalue weighted by Crippen LogP contribution is -2.20. The molecule has 1 N–H and O–H groups in total. The number of hydrazone groups is 1. The highest BCUT2D eigenvalue weighted by atomic mass is 16.6. The zero-order chi connectivity index (χ0) is 18.9. The third-order valence-electron chi connectivity index (χ3n) is 3.59. The van der Waals surface area contributed by atoms with Gasteiger partial charge in [0.2, 0.25) is 5.91 Å². The highest BCUT2D eigenvalue weighted by Crippen LogP contribution is 2.17. The molecule has 7 nitrogen and oxygen atoms in total. The molecule has 0 heterocycles. The third-order valence-corrected chi connectivity index (χ3v) is 3.59. The number of rotatable bonds is 7. The van der Waals surface area contributed by atoms with E-state index >= 15 is 0 Å². The van der Waals surface area contributed by atoms with E-state index in [1.807, 2.05) is 49.3 Å². The van der Waals surface area contributed by atoms with Crippen LogP contribution in [0.25, 0.3) is 6.08 Å². The van der Waals surface area contributed by atoms with Gasteiger partial charge in [-0.25, -0.2) is 5.43 Å². The first-order valence-corrected chi connectivity index (χ1v) is 7.95. The van der Waals surface area contributed by atoms with E-state index in [2.05, 4.69) is 10.5 Å². The molecule has 2 aromatic carbocycles. The van der Waals surface area contributed by atoms with Gasteiger partial charge in [0, 0.05) is 37.6 Å². The Kier molecular flexibility index (Phi) is 6.61. The normalized spacial score (nSPS) is 11.0. The van der Waals surface area contributed by atoms with Crippen molar-refractivity contribution in [3.8, 4) is 0 Å².